The lowest BCUT2D eigenvalue weighted by Crippen LogP contribution is -2.44. The zero-order valence-electron chi connectivity index (χ0n) is 12.6. The van der Waals surface area contributed by atoms with Crippen LogP contribution in [0.4, 0.5) is 4.79 Å². The van der Waals surface area contributed by atoms with E-state index in [-0.39, 0.29) is 30.4 Å². The van der Waals surface area contributed by atoms with Crippen LogP contribution >= 0.6 is 0 Å². The van der Waals surface area contributed by atoms with Gasteiger partial charge in [0.2, 0.25) is 5.91 Å². The van der Waals surface area contributed by atoms with E-state index >= 15 is 0 Å². The molecular weight excluding hydrogens is 262 g/mol. The fraction of sp³-hybridized carbons (Fsp3) is 0.769. The van der Waals surface area contributed by atoms with Crippen molar-refractivity contribution in [2.45, 2.75) is 39.2 Å². The Morgan fingerprint density at radius 2 is 1.75 bits per heavy atom. The Balaban J connectivity index is 3.80. The van der Waals surface area contributed by atoms with Gasteiger partial charge in [0.25, 0.3) is 0 Å². The molecule has 0 bridgehead atoms. The Morgan fingerprint density at radius 3 is 2.25 bits per heavy atom. The van der Waals surface area contributed by atoms with E-state index < -0.39 is 5.97 Å². The molecule has 0 aliphatic carbocycles. The minimum absolute atomic E-state index is 0.0401. The molecule has 116 valence electrons. The van der Waals surface area contributed by atoms with Crippen LogP contribution in [0.5, 0.6) is 0 Å². The maximum atomic E-state index is 11.5. The van der Waals surface area contributed by atoms with E-state index in [1.54, 1.807) is 21.0 Å². The second kappa shape index (κ2) is 9.17. The van der Waals surface area contributed by atoms with E-state index in [4.69, 9.17) is 5.11 Å². The molecule has 20 heavy (non-hydrogen) atoms. The molecule has 0 aromatic heterocycles. The Hall–Kier alpha value is -1.79. The van der Waals surface area contributed by atoms with Gasteiger partial charge in [-0.1, -0.05) is 13.3 Å². The zero-order chi connectivity index (χ0) is 15.7. The third kappa shape index (κ3) is 8.34. The molecule has 0 aromatic carbocycles. The third-order valence-corrected chi connectivity index (χ3v) is 2.97. The number of nitrogens with one attached hydrogen (secondary N) is 2. The Kier molecular flexibility index (Phi) is 8.35. The molecule has 0 aliphatic rings. The van der Waals surface area contributed by atoms with Gasteiger partial charge in [0.15, 0.2) is 0 Å². The second-order valence-electron chi connectivity index (χ2n) is 5.19. The molecule has 2 unspecified atom stereocenters. The number of carbonyl (C=O) groups is 3. The van der Waals surface area contributed by atoms with E-state index in [0.29, 0.717) is 12.8 Å². The van der Waals surface area contributed by atoms with Crippen molar-refractivity contribution in [3.63, 3.8) is 0 Å². The molecule has 7 nitrogen and oxygen atoms in total. The largest absolute Gasteiger partial charge is 0.481 e. The first-order valence-corrected chi connectivity index (χ1v) is 6.71. The summed E-state index contributed by atoms with van der Waals surface area (Å²) in [4.78, 5) is 34.8. The summed E-state index contributed by atoms with van der Waals surface area (Å²) in [5.74, 6) is -1.35. The number of likely N-dealkylation sites (N-methyl/N-ethyl adjacent to an activating group) is 1. The summed E-state index contributed by atoms with van der Waals surface area (Å²) >= 11 is 0. The van der Waals surface area contributed by atoms with E-state index in [1.165, 1.54) is 4.90 Å². The zero-order valence-corrected chi connectivity index (χ0v) is 12.6. The van der Waals surface area contributed by atoms with E-state index in [9.17, 15) is 14.4 Å². The molecule has 3 amide bonds. The number of hydrogen-bond acceptors (Lipinski definition) is 3. The number of carboxylic acids is 1. The van der Waals surface area contributed by atoms with Gasteiger partial charge in [-0.25, -0.2) is 4.79 Å². The lowest BCUT2D eigenvalue weighted by atomic mass is 10.0. The van der Waals surface area contributed by atoms with Gasteiger partial charge in [0.05, 0.1) is 12.5 Å². The van der Waals surface area contributed by atoms with Crippen LogP contribution in [0, 0.1) is 5.92 Å². The van der Waals surface area contributed by atoms with Gasteiger partial charge >= 0.3 is 12.0 Å². The molecule has 0 heterocycles. The lowest BCUT2D eigenvalue weighted by Gasteiger charge is -2.16. The van der Waals surface area contributed by atoms with Gasteiger partial charge < -0.3 is 20.6 Å². The van der Waals surface area contributed by atoms with E-state index in [0.717, 1.165) is 6.42 Å². The monoisotopic (exact) mass is 287 g/mol. The van der Waals surface area contributed by atoms with Gasteiger partial charge in [-0.2, -0.15) is 0 Å². The first-order valence-electron chi connectivity index (χ1n) is 6.71. The summed E-state index contributed by atoms with van der Waals surface area (Å²) in [5.41, 5.74) is 0. The maximum Gasteiger partial charge on any atom is 0.315 e. The molecule has 7 heteroatoms. The standard InChI is InChI=1S/C13H25N3O4/c1-9(12(18)19)6-5-7-10(2)15-13(20)14-8-11(17)16(3)4/h9-10H,5-8H2,1-4H3,(H,18,19)(H2,14,15,20). The predicted octanol–water partition coefficient (Wildman–Crippen LogP) is 0.653. The molecule has 0 rings (SSSR count). The molecule has 2 atom stereocenters. The summed E-state index contributed by atoms with van der Waals surface area (Å²) in [5, 5.41) is 13.9. The molecular formula is C13H25N3O4. The van der Waals surface area contributed by atoms with Crippen molar-refractivity contribution in [3.8, 4) is 0 Å². The van der Waals surface area contributed by atoms with Crippen LogP contribution in [-0.2, 0) is 9.59 Å². The molecule has 0 fully saturated rings. The van der Waals surface area contributed by atoms with E-state index in [1.807, 2.05) is 6.92 Å². The van der Waals surface area contributed by atoms with Crippen molar-refractivity contribution < 1.29 is 19.5 Å². The minimum Gasteiger partial charge on any atom is -0.481 e. The first-order chi connectivity index (χ1) is 9.23. The van der Waals surface area contributed by atoms with Crippen molar-refractivity contribution in [1.82, 2.24) is 15.5 Å². The second-order valence-corrected chi connectivity index (χ2v) is 5.19. The van der Waals surface area contributed by atoms with Crippen molar-refractivity contribution >= 4 is 17.9 Å². The number of rotatable bonds is 8. The fourth-order valence-corrected chi connectivity index (χ4v) is 1.51. The summed E-state index contributed by atoms with van der Waals surface area (Å²) in [7, 11) is 3.24. The quantitative estimate of drug-likeness (QED) is 0.610. The maximum absolute atomic E-state index is 11.5. The number of carbonyl (C=O) groups excluding carboxylic acids is 2. The van der Waals surface area contributed by atoms with Crippen LogP contribution in [0.3, 0.4) is 0 Å². The van der Waals surface area contributed by atoms with Crippen LogP contribution in [0.25, 0.3) is 0 Å². The molecule has 0 aliphatic heterocycles. The van der Waals surface area contributed by atoms with Crippen LogP contribution in [0.2, 0.25) is 0 Å². The van der Waals surface area contributed by atoms with Gasteiger partial charge in [-0.05, 0) is 19.8 Å². The number of hydrogen-bond donors (Lipinski definition) is 3. The Bertz CT molecular complexity index is 345. The van der Waals surface area contributed by atoms with Crippen LogP contribution in [-0.4, -0.2) is 54.6 Å². The molecule has 3 N–H and O–H groups in total. The van der Waals surface area contributed by atoms with Gasteiger partial charge in [-0.15, -0.1) is 0 Å². The first kappa shape index (κ1) is 18.2. The predicted molar refractivity (Wildman–Crippen MR) is 75.3 cm³/mol. The molecule has 0 spiro atoms. The van der Waals surface area contributed by atoms with E-state index in [2.05, 4.69) is 10.6 Å². The molecule has 0 saturated carbocycles. The number of carboxylic acid groups (broad SMARTS) is 1. The highest BCUT2D eigenvalue weighted by molar-refractivity contribution is 5.83. The van der Waals surface area contributed by atoms with Crippen molar-refractivity contribution in [1.29, 1.82) is 0 Å². The molecule has 0 aromatic rings. The van der Waals surface area contributed by atoms with Gasteiger partial charge in [0.1, 0.15) is 0 Å². The number of nitrogens with zero attached hydrogens (tertiary/aromatic N) is 1. The van der Waals surface area contributed by atoms with Crippen LogP contribution in [0.15, 0.2) is 0 Å². The van der Waals surface area contributed by atoms with Crippen LogP contribution in [0.1, 0.15) is 33.1 Å². The van der Waals surface area contributed by atoms with Gasteiger partial charge in [0, 0.05) is 20.1 Å². The summed E-state index contributed by atoms with van der Waals surface area (Å²) in [6.07, 6.45) is 2.01. The average Bonchev–Trinajstić information content (AvgIpc) is 2.35. The summed E-state index contributed by atoms with van der Waals surface area (Å²) < 4.78 is 0. The van der Waals surface area contributed by atoms with Crippen molar-refractivity contribution in [2.24, 2.45) is 5.92 Å². The third-order valence-electron chi connectivity index (χ3n) is 2.97. The minimum atomic E-state index is -0.800. The topological polar surface area (TPSA) is 98.7 Å². The molecule has 0 radical (unpaired) electrons. The smallest absolute Gasteiger partial charge is 0.315 e. The SMILES string of the molecule is CC(CCCC(C)C(=O)O)NC(=O)NCC(=O)N(C)C. The van der Waals surface area contributed by atoms with Gasteiger partial charge in [-0.3, -0.25) is 9.59 Å². The summed E-state index contributed by atoms with van der Waals surface area (Å²) in [6, 6.07) is -0.454. The van der Waals surface area contributed by atoms with Crippen LogP contribution < -0.4 is 10.6 Å². The van der Waals surface area contributed by atoms with Crippen molar-refractivity contribution in [3.05, 3.63) is 0 Å². The fourth-order valence-electron chi connectivity index (χ4n) is 1.51. The highest BCUT2D eigenvalue weighted by Gasteiger charge is 2.13. The summed E-state index contributed by atoms with van der Waals surface area (Å²) in [6.45, 7) is 3.47. The normalized spacial score (nSPS) is 13.2. The average molecular weight is 287 g/mol. The molecule has 0 saturated heterocycles. The number of amides is 3. The Labute approximate surface area is 119 Å². The number of urea groups is 1. The lowest BCUT2D eigenvalue weighted by molar-refractivity contribution is -0.141. The highest BCUT2D eigenvalue weighted by Crippen LogP contribution is 2.09. The van der Waals surface area contributed by atoms with Crippen molar-refractivity contribution in [2.75, 3.05) is 20.6 Å². The highest BCUT2D eigenvalue weighted by atomic mass is 16.4. The Morgan fingerprint density at radius 1 is 1.15 bits per heavy atom. The number of aliphatic carboxylic acids is 1.